The van der Waals surface area contributed by atoms with Crippen LogP contribution in [0.2, 0.25) is 0 Å². The topological polar surface area (TPSA) is 21.6 Å². The maximum absolute atomic E-state index is 5.79. The van der Waals surface area contributed by atoms with E-state index in [2.05, 4.69) is 50.0 Å². The molecule has 0 fully saturated rings. The molecule has 0 amide bonds. The Hall–Kier alpha value is -2.09. The quantitative estimate of drug-likeness (QED) is 0.697. The van der Waals surface area contributed by atoms with Crippen LogP contribution in [-0.2, 0) is 6.61 Å². The van der Waals surface area contributed by atoms with Gasteiger partial charge >= 0.3 is 0 Å². The standard InChI is InChI=1S/C19H23NO/c1-4-16(3)20-13-17-9-11-19(12-10-17)21-14-18-7-5-15(2)6-8-18/h5-13,16H,4,14H2,1-3H3. The van der Waals surface area contributed by atoms with Gasteiger partial charge in [-0.25, -0.2) is 0 Å². The lowest BCUT2D eigenvalue weighted by atomic mass is 10.2. The largest absolute Gasteiger partial charge is 0.489 e. The second-order valence-corrected chi connectivity index (χ2v) is 5.38. The second-order valence-electron chi connectivity index (χ2n) is 5.38. The molecular weight excluding hydrogens is 258 g/mol. The first kappa shape index (κ1) is 15.3. The zero-order valence-electron chi connectivity index (χ0n) is 13.0. The molecule has 2 nitrogen and oxygen atoms in total. The third-order valence-corrected chi connectivity index (χ3v) is 3.48. The normalized spacial score (nSPS) is 12.5. The van der Waals surface area contributed by atoms with Crippen LogP contribution < -0.4 is 4.74 Å². The fourth-order valence-corrected chi connectivity index (χ4v) is 1.82. The van der Waals surface area contributed by atoms with Crippen LogP contribution in [0.4, 0.5) is 0 Å². The van der Waals surface area contributed by atoms with Gasteiger partial charge in [0, 0.05) is 12.3 Å². The van der Waals surface area contributed by atoms with Gasteiger partial charge in [0.1, 0.15) is 12.4 Å². The van der Waals surface area contributed by atoms with Crippen LogP contribution in [0.3, 0.4) is 0 Å². The SMILES string of the molecule is CCC(C)N=Cc1ccc(OCc2ccc(C)cc2)cc1. The van der Waals surface area contributed by atoms with Gasteiger partial charge in [0.25, 0.3) is 0 Å². The smallest absolute Gasteiger partial charge is 0.119 e. The summed E-state index contributed by atoms with van der Waals surface area (Å²) < 4.78 is 5.79. The Morgan fingerprint density at radius 1 is 1.05 bits per heavy atom. The summed E-state index contributed by atoms with van der Waals surface area (Å²) in [6, 6.07) is 16.8. The molecule has 0 saturated carbocycles. The number of hydrogen-bond donors (Lipinski definition) is 0. The molecule has 2 rings (SSSR count). The van der Waals surface area contributed by atoms with E-state index < -0.39 is 0 Å². The van der Waals surface area contributed by atoms with E-state index in [0.717, 1.165) is 17.7 Å². The highest BCUT2D eigenvalue weighted by atomic mass is 16.5. The predicted molar refractivity (Wildman–Crippen MR) is 89.3 cm³/mol. The number of ether oxygens (including phenoxy) is 1. The van der Waals surface area contributed by atoms with Crippen molar-refractivity contribution in [1.29, 1.82) is 0 Å². The molecule has 0 bridgehead atoms. The minimum atomic E-state index is 0.377. The third-order valence-electron chi connectivity index (χ3n) is 3.48. The molecule has 1 unspecified atom stereocenters. The van der Waals surface area contributed by atoms with E-state index in [0.29, 0.717) is 12.6 Å². The molecule has 0 aromatic heterocycles. The van der Waals surface area contributed by atoms with Crippen LogP contribution in [0, 0.1) is 6.92 Å². The van der Waals surface area contributed by atoms with Gasteiger partial charge in [-0.05, 0) is 55.7 Å². The molecule has 0 aliphatic rings. The summed E-state index contributed by atoms with van der Waals surface area (Å²) in [7, 11) is 0. The van der Waals surface area contributed by atoms with Crippen molar-refractivity contribution >= 4 is 6.21 Å². The highest BCUT2D eigenvalue weighted by molar-refractivity contribution is 5.79. The minimum Gasteiger partial charge on any atom is -0.489 e. The van der Waals surface area contributed by atoms with Gasteiger partial charge in [-0.2, -0.15) is 0 Å². The van der Waals surface area contributed by atoms with Crippen LogP contribution in [-0.4, -0.2) is 12.3 Å². The van der Waals surface area contributed by atoms with Crippen LogP contribution >= 0.6 is 0 Å². The maximum atomic E-state index is 5.79. The summed E-state index contributed by atoms with van der Waals surface area (Å²) in [5, 5.41) is 0. The first-order chi connectivity index (χ1) is 10.2. The fraction of sp³-hybridized carbons (Fsp3) is 0.316. The lowest BCUT2D eigenvalue weighted by Crippen LogP contribution is -1.97. The van der Waals surface area contributed by atoms with Crippen molar-refractivity contribution in [3.63, 3.8) is 0 Å². The van der Waals surface area contributed by atoms with Gasteiger partial charge in [0.2, 0.25) is 0 Å². The van der Waals surface area contributed by atoms with Crippen LogP contribution in [0.25, 0.3) is 0 Å². The van der Waals surface area contributed by atoms with E-state index in [1.54, 1.807) is 0 Å². The predicted octanol–water partition coefficient (Wildman–Crippen LogP) is 4.79. The summed E-state index contributed by atoms with van der Waals surface area (Å²) in [4.78, 5) is 4.48. The average molecular weight is 281 g/mol. The molecule has 0 N–H and O–H groups in total. The Morgan fingerprint density at radius 3 is 2.33 bits per heavy atom. The summed E-state index contributed by atoms with van der Waals surface area (Å²) in [6.07, 6.45) is 2.99. The summed E-state index contributed by atoms with van der Waals surface area (Å²) >= 11 is 0. The van der Waals surface area contributed by atoms with Gasteiger partial charge in [0.15, 0.2) is 0 Å². The highest BCUT2D eigenvalue weighted by Gasteiger charge is 1.97. The molecule has 0 aliphatic heterocycles. The second kappa shape index (κ2) is 7.63. The Kier molecular flexibility index (Phi) is 5.56. The molecule has 0 heterocycles. The Balaban J connectivity index is 1.90. The molecule has 2 heteroatoms. The van der Waals surface area contributed by atoms with Crippen molar-refractivity contribution in [1.82, 2.24) is 0 Å². The number of rotatable bonds is 6. The monoisotopic (exact) mass is 281 g/mol. The highest BCUT2D eigenvalue weighted by Crippen LogP contribution is 2.14. The maximum Gasteiger partial charge on any atom is 0.119 e. The lowest BCUT2D eigenvalue weighted by molar-refractivity contribution is 0.306. The number of aliphatic imine (C=N–C) groups is 1. The van der Waals surface area contributed by atoms with E-state index in [-0.39, 0.29) is 0 Å². The van der Waals surface area contributed by atoms with E-state index in [1.165, 1.54) is 11.1 Å². The Morgan fingerprint density at radius 2 is 1.71 bits per heavy atom. The van der Waals surface area contributed by atoms with E-state index in [9.17, 15) is 0 Å². The Bertz CT molecular complexity index is 570. The third kappa shape index (κ3) is 5.07. The minimum absolute atomic E-state index is 0.377. The molecule has 0 saturated heterocycles. The first-order valence-electron chi connectivity index (χ1n) is 7.49. The van der Waals surface area contributed by atoms with Crippen LogP contribution in [0.5, 0.6) is 5.75 Å². The van der Waals surface area contributed by atoms with Crippen molar-refractivity contribution in [2.45, 2.75) is 39.8 Å². The molecule has 1 atom stereocenters. The van der Waals surface area contributed by atoms with Crippen LogP contribution in [0.1, 0.15) is 37.0 Å². The molecular formula is C19H23NO. The molecule has 2 aromatic rings. The fourth-order valence-electron chi connectivity index (χ4n) is 1.82. The number of nitrogens with zero attached hydrogens (tertiary/aromatic N) is 1. The molecule has 21 heavy (non-hydrogen) atoms. The first-order valence-corrected chi connectivity index (χ1v) is 7.49. The van der Waals surface area contributed by atoms with Crippen molar-refractivity contribution in [2.24, 2.45) is 4.99 Å². The molecule has 0 aliphatic carbocycles. The van der Waals surface area contributed by atoms with Crippen molar-refractivity contribution in [2.75, 3.05) is 0 Å². The molecule has 2 aromatic carbocycles. The number of benzene rings is 2. The zero-order valence-corrected chi connectivity index (χ0v) is 13.0. The summed E-state index contributed by atoms with van der Waals surface area (Å²) in [5.41, 5.74) is 3.56. The van der Waals surface area contributed by atoms with E-state index in [4.69, 9.17) is 4.74 Å². The van der Waals surface area contributed by atoms with Gasteiger partial charge in [-0.15, -0.1) is 0 Å². The van der Waals surface area contributed by atoms with Gasteiger partial charge in [0.05, 0.1) is 0 Å². The van der Waals surface area contributed by atoms with Gasteiger partial charge < -0.3 is 4.74 Å². The lowest BCUT2D eigenvalue weighted by Gasteiger charge is -2.07. The van der Waals surface area contributed by atoms with Crippen LogP contribution in [0.15, 0.2) is 53.5 Å². The van der Waals surface area contributed by atoms with E-state index in [1.807, 2.05) is 30.5 Å². The average Bonchev–Trinajstić information content (AvgIpc) is 2.53. The zero-order chi connectivity index (χ0) is 15.1. The summed E-state index contributed by atoms with van der Waals surface area (Å²) in [6.45, 7) is 6.95. The Labute approximate surface area is 127 Å². The molecule has 0 radical (unpaired) electrons. The van der Waals surface area contributed by atoms with Gasteiger partial charge in [-0.1, -0.05) is 36.8 Å². The summed E-state index contributed by atoms with van der Waals surface area (Å²) in [5.74, 6) is 0.885. The molecule has 110 valence electrons. The van der Waals surface area contributed by atoms with Crippen molar-refractivity contribution in [3.05, 3.63) is 65.2 Å². The molecule has 0 spiro atoms. The van der Waals surface area contributed by atoms with Crippen molar-refractivity contribution in [3.8, 4) is 5.75 Å². The number of aryl methyl sites for hydroxylation is 1. The van der Waals surface area contributed by atoms with Gasteiger partial charge in [-0.3, -0.25) is 4.99 Å². The number of hydrogen-bond acceptors (Lipinski definition) is 2. The van der Waals surface area contributed by atoms with Crippen molar-refractivity contribution < 1.29 is 4.74 Å². The van der Waals surface area contributed by atoms with E-state index >= 15 is 0 Å².